The lowest BCUT2D eigenvalue weighted by Crippen LogP contribution is -2.52. The molecule has 2 N–H and O–H groups in total. The number of carbonyl (C=O) groups is 3. The number of thiophene rings is 1. The summed E-state index contributed by atoms with van der Waals surface area (Å²) >= 11 is 7.85. The fourth-order valence-electron chi connectivity index (χ4n) is 7.28. The molecule has 3 aromatic heterocycles. The number of nitrogens with zero attached hydrogens (tertiary/aromatic N) is 6. The third-order valence-corrected chi connectivity index (χ3v) is 11.6. The van der Waals surface area contributed by atoms with Crippen molar-refractivity contribution in [3.63, 3.8) is 0 Å². The molecule has 8 rings (SSSR count). The summed E-state index contributed by atoms with van der Waals surface area (Å²) in [7, 11) is 0. The lowest BCUT2D eigenvalue weighted by molar-refractivity contribution is -0.136. The lowest BCUT2D eigenvalue weighted by atomic mass is 9.99. The number of fused-ring (bicyclic) bond motifs is 4. The largest absolute Gasteiger partial charge is 0.385 e. The minimum Gasteiger partial charge on any atom is -0.385 e. The molecule has 0 spiro atoms. The van der Waals surface area contributed by atoms with Crippen LogP contribution in [0.4, 0.5) is 5.69 Å². The lowest BCUT2D eigenvalue weighted by Gasteiger charge is -2.29. The van der Waals surface area contributed by atoms with E-state index in [1.165, 1.54) is 0 Å². The Hall–Kier alpha value is -5.64. The zero-order valence-electron chi connectivity index (χ0n) is 30.1. The number of amides is 3. The Bertz CT molecular complexity index is 2400. The van der Waals surface area contributed by atoms with Crippen molar-refractivity contribution in [1.82, 2.24) is 30.0 Å². The number of anilines is 1. The van der Waals surface area contributed by atoms with E-state index in [2.05, 4.69) is 44.2 Å². The summed E-state index contributed by atoms with van der Waals surface area (Å²) in [6, 6.07) is 16.6. The molecule has 13 heteroatoms. The SMILES string of the molecule is Cc1c(C#Cc2ccc(CCCCNc3cccc4c3CN(C3CCC(=O)NC3=O)C4=O)nc2)sc2c1C(c1ccc(Cl)cc1)=N[C@@H](C)c1nnc(C)n1-2. The highest BCUT2D eigenvalue weighted by molar-refractivity contribution is 7.15. The van der Waals surface area contributed by atoms with Crippen LogP contribution in [0.15, 0.2) is 65.8 Å². The Balaban J connectivity index is 0.905. The minimum absolute atomic E-state index is 0.171. The zero-order valence-corrected chi connectivity index (χ0v) is 31.6. The molecular formula is C41H37ClN8O3S. The van der Waals surface area contributed by atoms with Crippen molar-refractivity contribution in [3.8, 4) is 16.8 Å². The van der Waals surface area contributed by atoms with Crippen LogP contribution in [0.5, 0.6) is 0 Å². The number of nitrogens with one attached hydrogen (secondary N) is 2. The first-order valence-electron chi connectivity index (χ1n) is 18.0. The van der Waals surface area contributed by atoms with Gasteiger partial charge in [-0.15, -0.1) is 21.5 Å². The molecule has 272 valence electrons. The highest BCUT2D eigenvalue weighted by Gasteiger charge is 2.40. The van der Waals surface area contributed by atoms with Gasteiger partial charge in [-0.1, -0.05) is 41.6 Å². The number of carbonyl (C=O) groups excluding carboxylic acids is 3. The van der Waals surface area contributed by atoms with Gasteiger partial charge >= 0.3 is 0 Å². The van der Waals surface area contributed by atoms with Crippen LogP contribution in [0.2, 0.25) is 5.02 Å². The number of pyridine rings is 1. The smallest absolute Gasteiger partial charge is 0.255 e. The fourth-order valence-corrected chi connectivity index (χ4v) is 8.62. The fraction of sp³-hybridized carbons (Fsp3) is 0.293. The molecule has 3 aliphatic rings. The number of imide groups is 1. The number of aliphatic imine (C=N–C) groups is 1. The Morgan fingerprint density at radius 2 is 1.85 bits per heavy atom. The summed E-state index contributed by atoms with van der Waals surface area (Å²) in [6.07, 6.45) is 5.08. The van der Waals surface area contributed by atoms with Crippen molar-refractivity contribution in [1.29, 1.82) is 0 Å². The van der Waals surface area contributed by atoms with Crippen LogP contribution >= 0.6 is 22.9 Å². The van der Waals surface area contributed by atoms with Gasteiger partial charge in [0.2, 0.25) is 11.8 Å². The molecule has 1 fully saturated rings. The second-order valence-electron chi connectivity index (χ2n) is 13.7. The van der Waals surface area contributed by atoms with Gasteiger partial charge in [0.05, 0.1) is 10.6 Å². The van der Waals surface area contributed by atoms with Crippen molar-refractivity contribution < 1.29 is 14.4 Å². The molecule has 54 heavy (non-hydrogen) atoms. The predicted octanol–water partition coefficient (Wildman–Crippen LogP) is 6.50. The van der Waals surface area contributed by atoms with E-state index in [0.717, 1.165) is 92.2 Å². The molecule has 3 aliphatic heterocycles. The van der Waals surface area contributed by atoms with E-state index < -0.39 is 11.9 Å². The number of hydrogen-bond donors (Lipinski definition) is 2. The van der Waals surface area contributed by atoms with Crippen LogP contribution in [0, 0.1) is 25.7 Å². The van der Waals surface area contributed by atoms with Crippen LogP contribution in [0.3, 0.4) is 0 Å². The summed E-state index contributed by atoms with van der Waals surface area (Å²) in [6.45, 7) is 7.17. The summed E-state index contributed by atoms with van der Waals surface area (Å²) in [4.78, 5) is 49.5. The molecule has 2 aromatic carbocycles. The number of rotatable bonds is 8. The van der Waals surface area contributed by atoms with E-state index in [1.54, 1.807) is 22.3 Å². The van der Waals surface area contributed by atoms with Crippen LogP contribution < -0.4 is 10.6 Å². The predicted molar refractivity (Wildman–Crippen MR) is 208 cm³/mol. The maximum atomic E-state index is 13.1. The van der Waals surface area contributed by atoms with Gasteiger partial charge in [-0.2, -0.15) is 0 Å². The molecule has 5 aromatic rings. The Morgan fingerprint density at radius 3 is 2.63 bits per heavy atom. The number of benzene rings is 2. The Kier molecular flexibility index (Phi) is 9.60. The van der Waals surface area contributed by atoms with E-state index in [-0.39, 0.29) is 24.3 Å². The first-order valence-corrected chi connectivity index (χ1v) is 19.2. The van der Waals surface area contributed by atoms with Crippen LogP contribution in [0.25, 0.3) is 5.00 Å². The van der Waals surface area contributed by atoms with Crippen LogP contribution in [-0.4, -0.2) is 60.7 Å². The monoisotopic (exact) mass is 756 g/mol. The van der Waals surface area contributed by atoms with E-state index in [0.29, 0.717) is 23.6 Å². The summed E-state index contributed by atoms with van der Waals surface area (Å²) in [5, 5.41) is 16.4. The standard InChI is InChI=1S/C41H37ClN8O3S/c1-23-34(54-41-36(23)37(27-12-14-28(42)15-13-27)45-24(2)38-48-47-25(3)50(38)41)18-11-26-10-16-29(44-21-26)7-4-5-20-43-32-9-6-8-30-31(32)22-49(40(30)53)33-17-19-35(51)46-39(33)52/h6,8-10,12-16,21,24,33,43H,4-5,7,17,19-20,22H2,1-3H3,(H,46,51,52)/t24-,33?/m0/s1. The molecular weight excluding hydrogens is 720 g/mol. The third kappa shape index (κ3) is 6.70. The van der Waals surface area contributed by atoms with Crippen LogP contribution in [0.1, 0.15) is 99.0 Å². The van der Waals surface area contributed by atoms with Gasteiger partial charge in [-0.05, 0) is 88.4 Å². The number of piperidine rings is 1. The molecule has 1 saturated heterocycles. The Labute approximate surface area is 321 Å². The van der Waals surface area contributed by atoms with Crippen molar-refractivity contribution in [2.45, 2.75) is 71.5 Å². The number of hydrogen-bond acceptors (Lipinski definition) is 9. The molecule has 0 aliphatic carbocycles. The molecule has 0 saturated carbocycles. The van der Waals surface area contributed by atoms with Crippen LogP contribution in [-0.2, 0) is 22.6 Å². The average Bonchev–Trinajstić information content (AvgIpc) is 3.79. The molecule has 3 amide bonds. The zero-order chi connectivity index (χ0) is 37.5. The van der Waals surface area contributed by atoms with Gasteiger partial charge in [0.25, 0.3) is 5.91 Å². The molecule has 2 atom stereocenters. The van der Waals surface area contributed by atoms with Gasteiger partial charge in [0.15, 0.2) is 5.82 Å². The summed E-state index contributed by atoms with van der Waals surface area (Å²) in [5.74, 6) is 7.48. The van der Waals surface area contributed by atoms with Crippen molar-refractivity contribution in [2.24, 2.45) is 4.99 Å². The van der Waals surface area contributed by atoms with E-state index in [1.807, 2.05) is 68.6 Å². The number of halogens is 1. The Morgan fingerprint density at radius 1 is 1.02 bits per heavy atom. The highest BCUT2D eigenvalue weighted by atomic mass is 35.5. The van der Waals surface area contributed by atoms with E-state index >= 15 is 0 Å². The average molecular weight is 757 g/mol. The van der Waals surface area contributed by atoms with Gasteiger partial charge in [0, 0.05) is 69.9 Å². The van der Waals surface area contributed by atoms with Gasteiger partial charge < -0.3 is 10.2 Å². The van der Waals surface area contributed by atoms with Gasteiger partial charge in [0.1, 0.15) is 22.9 Å². The molecule has 11 nitrogen and oxygen atoms in total. The molecule has 6 heterocycles. The van der Waals surface area contributed by atoms with Gasteiger partial charge in [-0.3, -0.25) is 34.2 Å². The second-order valence-corrected chi connectivity index (χ2v) is 15.2. The summed E-state index contributed by atoms with van der Waals surface area (Å²) in [5.41, 5.74) is 8.19. The maximum Gasteiger partial charge on any atom is 0.255 e. The number of unbranched alkanes of at least 4 members (excludes halogenated alkanes) is 1. The van der Waals surface area contributed by atoms with E-state index in [9.17, 15) is 14.4 Å². The van der Waals surface area contributed by atoms with Crippen molar-refractivity contribution in [2.75, 3.05) is 11.9 Å². The second kappa shape index (κ2) is 14.6. The first kappa shape index (κ1) is 35.4. The van der Waals surface area contributed by atoms with Gasteiger partial charge in [-0.25, -0.2) is 0 Å². The molecule has 1 unspecified atom stereocenters. The highest BCUT2D eigenvalue weighted by Crippen LogP contribution is 2.39. The molecule has 0 radical (unpaired) electrons. The third-order valence-electron chi connectivity index (χ3n) is 10.1. The number of aryl methyl sites for hydroxylation is 2. The quantitative estimate of drug-likeness (QED) is 0.105. The molecule has 0 bridgehead atoms. The topological polar surface area (TPSA) is 134 Å². The van der Waals surface area contributed by atoms with Crippen molar-refractivity contribution in [3.05, 3.63) is 121 Å². The number of aromatic nitrogens is 4. The normalized spacial score (nSPS) is 17.5. The van der Waals surface area contributed by atoms with Crippen molar-refractivity contribution >= 4 is 52.1 Å². The maximum absolute atomic E-state index is 13.1. The minimum atomic E-state index is -0.628. The first-order chi connectivity index (χ1) is 26.2. The van der Waals surface area contributed by atoms with E-state index in [4.69, 9.17) is 21.6 Å². The summed E-state index contributed by atoms with van der Waals surface area (Å²) < 4.78 is 2.10.